The van der Waals surface area contributed by atoms with Crippen molar-refractivity contribution in [2.24, 2.45) is 10.1 Å². The normalized spacial score (nSPS) is 17.3. The highest BCUT2D eigenvalue weighted by Crippen LogP contribution is 2.43. The van der Waals surface area contributed by atoms with Crippen LogP contribution in [0.4, 0.5) is 13.2 Å². The summed E-state index contributed by atoms with van der Waals surface area (Å²) in [7, 11) is 0. The minimum atomic E-state index is -4.67. The Labute approximate surface area is 269 Å². The van der Waals surface area contributed by atoms with Crippen molar-refractivity contribution >= 4 is 11.8 Å². The van der Waals surface area contributed by atoms with Gasteiger partial charge in [0.05, 0.1) is 13.2 Å². The number of halogens is 3. The van der Waals surface area contributed by atoms with Gasteiger partial charge in [-0.2, -0.15) is 13.2 Å². The van der Waals surface area contributed by atoms with E-state index in [9.17, 15) is 18.0 Å². The van der Waals surface area contributed by atoms with Crippen LogP contribution in [0.1, 0.15) is 34.8 Å². The van der Waals surface area contributed by atoms with Gasteiger partial charge in [-0.1, -0.05) is 84.0 Å². The van der Waals surface area contributed by atoms with Crippen molar-refractivity contribution < 1.29 is 32.5 Å². The van der Waals surface area contributed by atoms with Gasteiger partial charge in [-0.3, -0.25) is 4.79 Å². The van der Waals surface area contributed by atoms with Gasteiger partial charge >= 0.3 is 6.18 Å². The Bertz CT molecular complexity index is 1740. The number of aliphatic hydroxyl groups excluding tert-OH is 1. The lowest BCUT2D eigenvalue weighted by atomic mass is 9.80. The number of azide groups is 1. The fourth-order valence-corrected chi connectivity index (χ4v) is 5.38. The summed E-state index contributed by atoms with van der Waals surface area (Å²) in [4.78, 5) is 21.7. The van der Waals surface area contributed by atoms with Crippen molar-refractivity contribution in [3.63, 3.8) is 0 Å². The molecule has 1 heterocycles. The van der Waals surface area contributed by atoms with Crippen LogP contribution in [0.5, 0.6) is 5.75 Å². The molecular weight excluding hydrogens is 611 g/mol. The maximum atomic E-state index is 14.1. The number of rotatable bonds is 13. The molecule has 2 atom stereocenters. The highest BCUT2D eigenvalue weighted by molar-refractivity contribution is 6.01. The van der Waals surface area contributed by atoms with E-state index in [4.69, 9.17) is 25.1 Å². The molecule has 47 heavy (non-hydrogen) atoms. The van der Waals surface area contributed by atoms with E-state index in [0.29, 0.717) is 41.0 Å². The van der Waals surface area contributed by atoms with Gasteiger partial charge in [0, 0.05) is 29.9 Å². The second-order valence-corrected chi connectivity index (χ2v) is 10.9. The largest absolute Gasteiger partial charge is 0.494 e. The zero-order chi connectivity index (χ0) is 33.3. The van der Waals surface area contributed by atoms with E-state index < -0.39 is 30.3 Å². The highest BCUT2D eigenvalue weighted by atomic mass is 19.4. The smallest absolute Gasteiger partial charge is 0.405 e. The molecule has 0 radical (unpaired) electrons. The van der Waals surface area contributed by atoms with Crippen LogP contribution in [-0.2, 0) is 22.5 Å². The lowest BCUT2D eigenvalue weighted by Crippen LogP contribution is -2.52. The molecular formula is C35H32F3N5O4. The molecule has 0 bridgehead atoms. The van der Waals surface area contributed by atoms with Gasteiger partial charge < -0.3 is 19.9 Å². The number of hydrogen-bond donors (Lipinski definition) is 2. The first-order chi connectivity index (χ1) is 22.7. The van der Waals surface area contributed by atoms with Crippen molar-refractivity contribution in [1.82, 2.24) is 5.32 Å². The summed E-state index contributed by atoms with van der Waals surface area (Å²) >= 11 is 0. The molecule has 0 saturated carbocycles. The van der Waals surface area contributed by atoms with Gasteiger partial charge in [0.2, 0.25) is 5.90 Å². The Morgan fingerprint density at radius 1 is 0.936 bits per heavy atom. The van der Waals surface area contributed by atoms with Crippen molar-refractivity contribution in [2.45, 2.75) is 37.2 Å². The third kappa shape index (κ3) is 8.10. The number of nitrogens with zero attached hydrogens (tertiary/aromatic N) is 4. The number of amides is 1. The number of ether oxygens (including phenoxy) is 2. The number of hydrogen-bond acceptors (Lipinski definition) is 6. The number of carbonyl (C=O) groups is 1. The van der Waals surface area contributed by atoms with E-state index >= 15 is 0 Å². The Balaban J connectivity index is 1.61. The molecule has 0 spiro atoms. The minimum absolute atomic E-state index is 0.0130. The Morgan fingerprint density at radius 2 is 1.57 bits per heavy atom. The Hall–Kier alpha value is -5.32. The average molecular weight is 644 g/mol. The SMILES string of the molecule is [N-]=[N+]=NCc1ccccc1C[C@@]1(C(=O)NCC(F)(F)F)N=C(c2ccc(OCCCO)cc2)O[C@@H]1c1ccc(-c2ccccc2)cc1. The second kappa shape index (κ2) is 14.8. The van der Waals surface area contributed by atoms with Gasteiger partial charge in [0.15, 0.2) is 11.6 Å². The Morgan fingerprint density at radius 3 is 2.23 bits per heavy atom. The molecule has 4 aromatic rings. The number of nitrogens with one attached hydrogen (secondary N) is 1. The van der Waals surface area contributed by atoms with Crippen LogP contribution in [-0.4, -0.2) is 48.4 Å². The molecule has 0 aromatic heterocycles. The number of alkyl halides is 3. The molecule has 1 aliphatic rings. The first-order valence-electron chi connectivity index (χ1n) is 14.9. The summed E-state index contributed by atoms with van der Waals surface area (Å²) < 4.78 is 52.3. The van der Waals surface area contributed by atoms with Crippen LogP contribution < -0.4 is 10.1 Å². The molecule has 5 rings (SSSR count). The predicted molar refractivity (Wildman–Crippen MR) is 171 cm³/mol. The molecule has 1 amide bonds. The standard InChI is InChI=1S/C35H32F3N5O4/c36-35(37,38)23-40-33(45)34(21-28-9-4-5-10-29(28)22-41-43-39)31(26-13-11-25(12-14-26)24-7-2-1-3-8-24)47-32(42-34)27-15-17-30(18-16-27)46-20-6-19-44/h1-5,7-18,31,44H,6,19-23H2,(H,40,45)/t31-,34-/m1/s1. The van der Waals surface area contributed by atoms with E-state index in [-0.39, 0.29) is 25.5 Å². The van der Waals surface area contributed by atoms with E-state index in [1.807, 2.05) is 42.5 Å². The van der Waals surface area contributed by atoms with Crippen LogP contribution in [0.2, 0.25) is 0 Å². The lowest BCUT2D eigenvalue weighted by Gasteiger charge is -2.31. The molecule has 0 aliphatic carbocycles. The fourth-order valence-electron chi connectivity index (χ4n) is 5.38. The van der Waals surface area contributed by atoms with Gasteiger partial charge in [-0.25, -0.2) is 4.99 Å². The monoisotopic (exact) mass is 643 g/mol. The molecule has 9 nitrogen and oxygen atoms in total. The third-order valence-electron chi connectivity index (χ3n) is 7.68. The summed E-state index contributed by atoms with van der Waals surface area (Å²) in [5.74, 6) is -0.363. The van der Waals surface area contributed by atoms with Crippen LogP contribution in [0.15, 0.2) is 113 Å². The molecule has 0 unspecified atom stereocenters. The average Bonchev–Trinajstić information content (AvgIpc) is 3.47. The molecule has 4 aromatic carbocycles. The van der Waals surface area contributed by atoms with Gasteiger partial charge in [-0.15, -0.1) is 0 Å². The maximum Gasteiger partial charge on any atom is 0.405 e. The van der Waals surface area contributed by atoms with Crippen molar-refractivity contribution in [1.29, 1.82) is 0 Å². The molecule has 1 aliphatic heterocycles. The number of aliphatic hydroxyl groups is 1. The van der Waals surface area contributed by atoms with Crippen molar-refractivity contribution in [3.05, 3.63) is 136 Å². The summed E-state index contributed by atoms with van der Waals surface area (Å²) in [5.41, 5.74) is 11.1. The second-order valence-electron chi connectivity index (χ2n) is 10.9. The molecule has 12 heteroatoms. The Kier molecular flexibility index (Phi) is 10.4. The van der Waals surface area contributed by atoms with Gasteiger partial charge in [0.1, 0.15) is 12.3 Å². The zero-order valence-corrected chi connectivity index (χ0v) is 25.2. The minimum Gasteiger partial charge on any atom is -0.494 e. The zero-order valence-electron chi connectivity index (χ0n) is 25.2. The number of aliphatic imine (C=N–C) groups is 1. The van der Waals surface area contributed by atoms with E-state index in [1.165, 1.54) is 0 Å². The van der Waals surface area contributed by atoms with Gasteiger partial charge in [-0.05, 0) is 57.6 Å². The first kappa shape index (κ1) is 33.1. The first-order valence-corrected chi connectivity index (χ1v) is 14.9. The number of benzene rings is 4. The fraction of sp³-hybridized carbons (Fsp3) is 0.257. The number of carbonyl (C=O) groups excluding carboxylic acids is 1. The van der Waals surface area contributed by atoms with Gasteiger partial charge in [0.25, 0.3) is 5.91 Å². The summed E-state index contributed by atoms with van der Waals surface area (Å²) in [6.07, 6.45) is -5.48. The molecule has 2 N–H and O–H groups in total. The quantitative estimate of drug-likeness (QED) is 0.0697. The van der Waals surface area contributed by atoms with E-state index in [0.717, 1.165) is 11.1 Å². The summed E-state index contributed by atoms with van der Waals surface area (Å²) in [5, 5.41) is 14.8. The summed E-state index contributed by atoms with van der Waals surface area (Å²) in [6, 6.07) is 30.6. The third-order valence-corrected chi connectivity index (χ3v) is 7.68. The van der Waals surface area contributed by atoms with Crippen LogP contribution >= 0.6 is 0 Å². The van der Waals surface area contributed by atoms with Crippen molar-refractivity contribution in [2.75, 3.05) is 19.8 Å². The molecule has 242 valence electrons. The van der Waals surface area contributed by atoms with Crippen molar-refractivity contribution in [3.8, 4) is 16.9 Å². The predicted octanol–water partition coefficient (Wildman–Crippen LogP) is 7.10. The lowest BCUT2D eigenvalue weighted by molar-refractivity contribution is -0.143. The van der Waals surface area contributed by atoms with Crippen LogP contribution in [0, 0.1) is 0 Å². The van der Waals surface area contributed by atoms with E-state index in [2.05, 4.69) is 15.3 Å². The molecule has 0 saturated heterocycles. The maximum absolute atomic E-state index is 14.1. The van der Waals surface area contributed by atoms with Crippen LogP contribution in [0.3, 0.4) is 0 Å². The molecule has 0 fully saturated rings. The topological polar surface area (TPSA) is 129 Å². The highest BCUT2D eigenvalue weighted by Gasteiger charge is 2.54. The van der Waals surface area contributed by atoms with E-state index in [1.54, 1.807) is 60.7 Å². The van der Waals surface area contributed by atoms with Crippen LogP contribution in [0.25, 0.3) is 21.6 Å². The summed E-state index contributed by atoms with van der Waals surface area (Å²) in [6.45, 7) is -1.29.